The Balaban J connectivity index is 2.04. The maximum absolute atomic E-state index is 13.4. The average molecular weight is 244 g/mol. The molecule has 1 aromatic heterocycles. The molecule has 0 unspecified atom stereocenters. The maximum Gasteiger partial charge on any atom is 0.224 e. The topological polar surface area (TPSA) is 37.8 Å². The van der Waals surface area contributed by atoms with Gasteiger partial charge in [-0.1, -0.05) is 25.7 Å². The second kappa shape index (κ2) is 5.43. The third-order valence-corrected chi connectivity index (χ3v) is 3.09. The second-order valence-electron chi connectivity index (χ2n) is 4.17. The third kappa shape index (κ3) is 3.04. The molecule has 1 fully saturated rings. The first kappa shape index (κ1) is 11.6. The lowest BCUT2D eigenvalue weighted by molar-refractivity contribution is 0.587. The van der Waals surface area contributed by atoms with Crippen LogP contribution >= 0.6 is 11.6 Å². The zero-order valence-corrected chi connectivity index (χ0v) is 9.80. The summed E-state index contributed by atoms with van der Waals surface area (Å²) in [6.07, 6.45) is 8.17. The summed E-state index contributed by atoms with van der Waals surface area (Å²) in [4.78, 5) is 7.46. The van der Waals surface area contributed by atoms with E-state index in [4.69, 9.17) is 11.6 Å². The van der Waals surface area contributed by atoms with E-state index in [1.54, 1.807) is 0 Å². The van der Waals surface area contributed by atoms with E-state index in [2.05, 4.69) is 15.3 Å². The molecule has 1 aliphatic carbocycles. The molecule has 0 aromatic carbocycles. The van der Waals surface area contributed by atoms with Crippen molar-refractivity contribution in [2.75, 3.05) is 5.32 Å². The second-order valence-corrected chi connectivity index (χ2v) is 4.51. The first-order chi connectivity index (χ1) is 7.75. The van der Waals surface area contributed by atoms with E-state index >= 15 is 0 Å². The number of nitrogens with zero attached hydrogens (tertiary/aromatic N) is 2. The van der Waals surface area contributed by atoms with E-state index < -0.39 is 5.82 Å². The number of rotatable bonds is 2. The predicted octanol–water partition coefficient (Wildman–Crippen LogP) is 3.40. The van der Waals surface area contributed by atoms with Crippen LogP contribution in [0.1, 0.15) is 38.5 Å². The Morgan fingerprint density at radius 1 is 1.25 bits per heavy atom. The number of aromatic nitrogens is 2. The van der Waals surface area contributed by atoms with Crippen LogP contribution in [-0.4, -0.2) is 16.0 Å². The van der Waals surface area contributed by atoms with Crippen LogP contribution in [0, 0.1) is 5.82 Å². The first-order valence-corrected chi connectivity index (χ1v) is 6.08. The third-order valence-electron chi connectivity index (χ3n) is 2.91. The van der Waals surface area contributed by atoms with Crippen LogP contribution in [0.4, 0.5) is 10.2 Å². The minimum Gasteiger partial charge on any atom is -0.365 e. The molecular weight excluding hydrogens is 229 g/mol. The molecule has 0 aliphatic heterocycles. The molecule has 1 aliphatic rings. The highest BCUT2D eigenvalue weighted by Crippen LogP contribution is 2.21. The van der Waals surface area contributed by atoms with E-state index in [9.17, 15) is 4.39 Å². The summed E-state index contributed by atoms with van der Waals surface area (Å²) in [6.45, 7) is 0. The van der Waals surface area contributed by atoms with Gasteiger partial charge in [0.25, 0.3) is 0 Å². The molecule has 16 heavy (non-hydrogen) atoms. The van der Waals surface area contributed by atoms with Crippen molar-refractivity contribution in [1.82, 2.24) is 9.97 Å². The average Bonchev–Trinajstić information content (AvgIpc) is 2.52. The predicted molar refractivity (Wildman–Crippen MR) is 62.1 cm³/mol. The zero-order chi connectivity index (χ0) is 11.4. The van der Waals surface area contributed by atoms with Crippen LogP contribution in [0.3, 0.4) is 0 Å². The van der Waals surface area contributed by atoms with Crippen LogP contribution in [0.15, 0.2) is 6.20 Å². The highest BCUT2D eigenvalue weighted by atomic mass is 35.5. The number of halogens is 2. The molecule has 88 valence electrons. The van der Waals surface area contributed by atoms with Crippen molar-refractivity contribution >= 4 is 17.4 Å². The van der Waals surface area contributed by atoms with Crippen molar-refractivity contribution in [3.05, 3.63) is 17.3 Å². The molecule has 0 spiro atoms. The van der Waals surface area contributed by atoms with E-state index in [0.29, 0.717) is 6.04 Å². The quantitative estimate of drug-likeness (QED) is 0.639. The molecule has 5 heteroatoms. The lowest BCUT2D eigenvalue weighted by atomic mass is 10.1. The summed E-state index contributed by atoms with van der Waals surface area (Å²) in [7, 11) is 0. The summed E-state index contributed by atoms with van der Waals surface area (Å²) >= 11 is 5.64. The van der Waals surface area contributed by atoms with Gasteiger partial charge in [-0.15, -0.1) is 0 Å². The SMILES string of the molecule is Fc1cnc(Cl)nc1NC1CCCCCC1. The standard InChI is InChI=1S/C11H15ClFN3/c12-11-14-7-9(13)10(16-11)15-8-5-3-1-2-4-6-8/h7-8H,1-6H2,(H,14,15,16). The number of anilines is 1. The van der Waals surface area contributed by atoms with Gasteiger partial charge in [0.2, 0.25) is 5.28 Å². The highest BCUT2D eigenvalue weighted by molar-refractivity contribution is 6.28. The molecule has 3 nitrogen and oxygen atoms in total. The van der Waals surface area contributed by atoms with Gasteiger partial charge >= 0.3 is 0 Å². The van der Waals surface area contributed by atoms with Gasteiger partial charge in [-0.3, -0.25) is 0 Å². The number of nitrogens with one attached hydrogen (secondary N) is 1. The summed E-state index contributed by atoms with van der Waals surface area (Å²) in [6, 6.07) is 0.308. The molecule has 1 N–H and O–H groups in total. The largest absolute Gasteiger partial charge is 0.365 e. The van der Waals surface area contributed by atoms with E-state index in [0.717, 1.165) is 19.0 Å². The summed E-state index contributed by atoms with van der Waals surface area (Å²) < 4.78 is 13.4. The lowest BCUT2D eigenvalue weighted by Gasteiger charge is -2.16. The molecule has 0 radical (unpaired) electrons. The molecule has 0 atom stereocenters. The number of hydrogen-bond acceptors (Lipinski definition) is 3. The van der Waals surface area contributed by atoms with Crippen molar-refractivity contribution in [2.24, 2.45) is 0 Å². The van der Waals surface area contributed by atoms with Crippen LogP contribution in [-0.2, 0) is 0 Å². The van der Waals surface area contributed by atoms with Crippen LogP contribution in [0.5, 0.6) is 0 Å². The van der Waals surface area contributed by atoms with Gasteiger partial charge in [-0.2, -0.15) is 4.98 Å². The van der Waals surface area contributed by atoms with Crippen LogP contribution in [0.25, 0.3) is 0 Å². The Labute approximate surface area is 99.4 Å². The molecule has 1 saturated carbocycles. The molecular formula is C11H15ClFN3. The molecule has 0 amide bonds. The molecule has 2 rings (SSSR count). The smallest absolute Gasteiger partial charge is 0.224 e. The van der Waals surface area contributed by atoms with Gasteiger partial charge in [0.15, 0.2) is 11.6 Å². The molecule has 1 heterocycles. The van der Waals surface area contributed by atoms with Gasteiger partial charge in [0, 0.05) is 6.04 Å². The van der Waals surface area contributed by atoms with Crippen LogP contribution < -0.4 is 5.32 Å². The Morgan fingerprint density at radius 2 is 1.94 bits per heavy atom. The van der Waals surface area contributed by atoms with E-state index in [1.165, 1.54) is 25.7 Å². The Bertz CT molecular complexity index is 351. The monoisotopic (exact) mass is 243 g/mol. The fourth-order valence-corrected chi connectivity index (χ4v) is 2.20. The fourth-order valence-electron chi connectivity index (χ4n) is 2.06. The first-order valence-electron chi connectivity index (χ1n) is 5.70. The normalized spacial score (nSPS) is 18.1. The van der Waals surface area contributed by atoms with Gasteiger partial charge in [-0.25, -0.2) is 9.37 Å². The minimum absolute atomic E-state index is 0.0810. The van der Waals surface area contributed by atoms with Crippen molar-refractivity contribution in [3.63, 3.8) is 0 Å². The van der Waals surface area contributed by atoms with Crippen molar-refractivity contribution in [2.45, 2.75) is 44.6 Å². The minimum atomic E-state index is -0.436. The number of hydrogen-bond donors (Lipinski definition) is 1. The molecule has 0 saturated heterocycles. The Morgan fingerprint density at radius 3 is 2.62 bits per heavy atom. The molecule has 1 aromatic rings. The van der Waals surface area contributed by atoms with Crippen molar-refractivity contribution in [3.8, 4) is 0 Å². The van der Waals surface area contributed by atoms with Gasteiger partial charge in [0.05, 0.1) is 6.20 Å². The summed E-state index contributed by atoms with van der Waals surface area (Å²) in [5.41, 5.74) is 0. The van der Waals surface area contributed by atoms with Gasteiger partial charge < -0.3 is 5.32 Å². The maximum atomic E-state index is 13.4. The van der Waals surface area contributed by atoms with Crippen LogP contribution in [0.2, 0.25) is 5.28 Å². The summed E-state index contributed by atoms with van der Waals surface area (Å²) in [5.74, 6) is -0.208. The lowest BCUT2D eigenvalue weighted by Crippen LogP contribution is -2.20. The highest BCUT2D eigenvalue weighted by Gasteiger charge is 2.15. The molecule has 0 bridgehead atoms. The van der Waals surface area contributed by atoms with E-state index in [1.807, 2.05) is 0 Å². The van der Waals surface area contributed by atoms with E-state index in [-0.39, 0.29) is 11.1 Å². The van der Waals surface area contributed by atoms with Gasteiger partial charge in [0.1, 0.15) is 0 Å². The van der Waals surface area contributed by atoms with Crippen molar-refractivity contribution < 1.29 is 4.39 Å². The summed E-state index contributed by atoms with van der Waals surface area (Å²) in [5, 5.41) is 3.20. The Kier molecular flexibility index (Phi) is 3.93. The van der Waals surface area contributed by atoms with Crippen molar-refractivity contribution in [1.29, 1.82) is 0 Å². The zero-order valence-electron chi connectivity index (χ0n) is 9.05. The Hall–Kier alpha value is -0.900. The fraction of sp³-hybridized carbons (Fsp3) is 0.636. The van der Waals surface area contributed by atoms with Gasteiger partial charge in [-0.05, 0) is 24.4 Å².